The minimum absolute atomic E-state index is 0.0302. The quantitative estimate of drug-likeness (QED) is 0.432. The average molecular weight is 486 g/mol. The second kappa shape index (κ2) is 10.6. The molecule has 0 saturated carbocycles. The number of aromatic nitrogens is 2. The van der Waals surface area contributed by atoms with E-state index in [-0.39, 0.29) is 41.1 Å². The van der Waals surface area contributed by atoms with Crippen LogP contribution in [0.5, 0.6) is 0 Å². The van der Waals surface area contributed by atoms with Crippen LogP contribution in [0.25, 0.3) is 0 Å². The molecule has 0 radical (unpaired) electrons. The fraction of sp³-hybridized carbons (Fsp3) is 0.440. The lowest BCUT2D eigenvalue weighted by Crippen LogP contribution is -2.37. The van der Waals surface area contributed by atoms with E-state index in [4.69, 9.17) is 9.15 Å². The third-order valence-corrected chi connectivity index (χ3v) is 7.34. The summed E-state index contributed by atoms with van der Waals surface area (Å²) in [5.41, 5.74) is 1.37. The normalized spacial score (nSPS) is 16.3. The Labute approximate surface area is 200 Å². The number of rotatable bonds is 10. The summed E-state index contributed by atoms with van der Waals surface area (Å²) in [6.45, 7) is 5.81. The van der Waals surface area contributed by atoms with Gasteiger partial charge in [0.1, 0.15) is 0 Å². The summed E-state index contributed by atoms with van der Waals surface area (Å²) in [5.74, 6) is 0.0372. The molecule has 1 saturated heterocycles. The van der Waals surface area contributed by atoms with Crippen LogP contribution in [0.3, 0.4) is 0 Å². The van der Waals surface area contributed by atoms with Gasteiger partial charge in [0.05, 0.1) is 36.6 Å². The second-order valence-corrected chi connectivity index (χ2v) is 11.0. The number of hydrogen-bond acceptors (Lipinski definition) is 6. The summed E-state index contributed by atoms with van der Waals surface area (Å²) >= 11 is 0. The average Bonchev–Trinajstić information content (AvgIpc) is 3.56. The van der Waals surface area contributed by atoms with Gasteiger partial charge in [-0.25, -0.2) is 13.4 Å². The zero-order valence-corrected chi connectivity index (χ0v) is 20.4. The van der Waals surface area contributed by atoms with Gasteiger partial charge in [-0.1, -0.05) is 44.2 Å². The fourth-order valence-corrected chi connectivity index (χ4v) is 5.69. The summed E-state index contributed by atoms with van der Waals surface area (Å²) in [4.78, 5) is 19.2. The number of nitrogens with zero attached hydrogens (tertiary/aromatic N) is 3. The van der Waals surface area contributed by atoms with Crippen molar-refractivity contribution in [2.75, 3.05) is 13.2 Å². The van der Waals surface area contributed by atoms with Crippen LogP contribution in [0, 0.1) is 5.92 Å². The van der Waals surface area contributed by atoms with Crippen LogP contribution in [-0.4, -0.2) is 48.0 Å². The molecule has 1 aliphatic heterocycles. The lowest BCUT2D eigenvalue weighted by molar-refractivity contribution is 0.0477. The molecule has 1 aromatic carbocycles. The second-order valence-electron chi connectivity index (χ2n) is 9.08. The third kappa shape index (κ3) is 5.77. The molecule has 3 heterocycles. The van der Waals surface area contributed by atoms with Crippen molar-refractivity contribution in [3.05, 3.63) is 71.9 Å². The van der Waals surface area contributed by atoms with E-state index < -0.39 is 9.84 Å². The first-order valence-corrected chi connectivity index (χ1v) is 13.2. The molecular weight excluding hydrogens is 454 g/mol. The van der Waals surface area contributed by atoms with E-state index in [2.05, 4.69) is 4.98 Å². The number of ether oxygens (including phenoxy) is 1. The fourth-order valence-electron chi connectivity index (χ4n) is 4.19. The van der Waals surface area contributed by atoms with E-state index in [9.17, 15) is 13.2 Å². The molecule has 1 fully saturated rings. The molecule has 1 amide bonds. The van der Waals surface area contributed by atoms with Crippen molar-refractivity contribution in [3.63, 3.8) is 0 Å². The Bertz CT molecular complexity index is 1180. The first-order chi connectivity index (χ1) is 16.3. The Balaban J connectivity index is 1.64. The predicted octanol–water partition coefficient (Wildman–Crippen LogP) is 3.93. The smallest absolute Gasteiger partial charge is 0.289 e. The molecule has 2 aromatic heterocycles. The van der Waals surface area contributed by atoms with Crippen LogP contribution in [0.15, 0.2) is 64.5 Å². The molecule has 0 aliphatic carbocycles. The van der Waals surface area contributed by atoms with E-state index in [0.717, 1.165) is 12.8 Å². The molecular formula is C25H31N3O5S. The number of imidazole rings is 1. The molecule has 0 bridgehead atoms. The highest BCUT2D eigenvalue weighted by Crippen LogP contribution is 2.22. The maximum Gasteiger partial charge on any atom is 0.289 e. The molecule has 1 unspecified atom stereocenters. The standard InChI is InChI=1S/C25H31N3O5S/c1-19(2)15-28-21(14-26-25(28)34(30,31)18-20-8-4-3-5-9-20)16-27(17-22-10-6-12-32-22)24(29)23-11-7-13-33-23/h3-5,7-9,11,13-14,19,22H,6,10,12,15-18H2,1-2H3. The van der Waals surface area contributed by atoms with Gasteiger partial charge in [-0.3, -0.25) is 4.79 Å². The van der Waals surface area contributed by atoms with Gasteiger partial charge in [-0.05, 0) is 36.5 Å². The van der Waals surface area contributed by atoms with Gasteiger partial charge < -0.3 is 18.6 Å². The van der Waals surface area contributed by atoms with Crippen molar-refractivity contribution in [1.82, 2.24) is 14.5 Å². The van der Waals surface area contributed by atoms with Crippen LogP contribution in [0.2, 0.25) is 0 Å². The van der Waals surface area contributed by atoms with Crippen LogP contribution in [-0.2, 0) is 33.4 Å². The maximum absolute atomic E-state index is 13.3. The number of benzene rings is 1. The molecule has 4 rings (SSSR count). The van der Waals surface area contributed by atoms with Gasteiger partial charge in [0.2, 0.25) is 15.0 Å². The number of furan rings is 1. The monoisotopic (exact) mass is 485 g/mol. The van der Waals surface area contributed by atoms with Crippen molar-refractivity contribution < 1.29 is 22.4 Å². The number of carbonyl (C=O) groups excluding carboxylic acids is 1. The van der Waals surface area contributed by atoms with E-state index in [1.54, 1.807) is 39.9 Å². The van der Waals surface area contributed by atoms with E-state index in [0.29, 0.717) is 31.0 Å². The Hall–Kier alpha value is -2.91. The zero-order chi connectivity index (χ0) is 24.1. The highest BCUT2D eigenvalue weighted by Gasteiger charge is 2.29. The van der Waals surface area contributed by atoms with Crippen LogP contribution < -0.4 is 0 Å². The Morgan fingerprint density at radius 2 is 2.00 bits per heavy atom. The van der Waals surface area contributed by atoms with Gasteiger partial charge in [0, 0.05) is 19.7 Å². The van der Waals surface area contributed by atoms with Crippen LogP contribution in [0.1, 0.15) is 48.5 Å². The molecule has 182 valence electrons. The molecule has 0 spiro atoms. The minimum atomic E-state index is -3.69. The lowest BCUT2D eigenvalue weighted by Gasteiger charge is -2.25. The molecule has 8 nitrogen and oxygen atoms in total. The summed E-state index contributed by atoms with van der Waals surface area (Å²) in [5, 5.41) is 0.0302. The minimum Gasteiger partial charge on any atom is -0.459 e. The molecule has 0 N–H and O–H groups in total. The molecule has 9 heteroatoms. The van der Waals surface area contributed by atoms with Crippen molar-refractivity contribution in [2.24, 2.45) is 5.92 Å². The van der Waals surface area contributed by atoms with Crippen molar-refractivity contribution in [2.45, 2.75) is 56.8 Å². The highest BCUT2D eigenvalue weighted by atomic mass is 32.2. The number of sulfone groups is 1. The van der Waals surface area contributed by atoms with E-state index in [1.807, 2.05) is 32.0 Å². The van der Waals surface area contributed by atoms with Gasteiger partial charge in [-0.2, -0.15) is 0 Å². The summed E-state index contributed by atoms with van der Waals surface area (Å²) in [6.07, 6.45) is 4.82. The van der Waals surface area contributed by atoms with Gasteiger partial charge in [0.25, 0.3) is 5.91 Å². The predicted molar refractivity (Wildman–Crippen MR) is 127 cm³/mol. The summed E-state index contributed by atoms with van der Waals surface area (Å²) in [6, 6.07) is 12.4. The van der Waals surface area contributed by atoms with Crippen LogP contribution >= 0.6 is 0 Å². The van der Waals surface area contributed by atoms with E-state index in [1.165, 1.54) is 6.26 Å². The highest BCUT2D eigenvalue weighted by molar-refractivity contribution is 7.90. The SMILES string of the molecule is CC(C)Cn1c(CN(CC2CCCO2)C(=O)c2ccco2)cnc1S(=O)(=O)Cc1ccccc1. The number of hydrogen-bond donors (Lipinski definition) is 0. The van der Waals surface area contributed by atoms with Crippen molar-refractivity contribution in [1.29, 1.82) is 0 Å². The van der Waals surface area contributed by atoms with E-state index >= 15 is 0 Å². The van der Waals surface area contributed by atoms with Gasteiger partial charge in [-0.15, -0.1) is 0 Å². The largest absolute Gasteiger partial charge is 0.459 e. The third-order valence-electron chi connectivity index (χ3n) is 5.75. The Morgan fingerprint density at radius 1 is 1.21 bits per heavy atom. The van der Waals surface area contributed by atoms with Gasteiger partial charge >= 0.3 is 0 Å². The van der Waals surface area contributed by atoms with Crippen LogP contribution in [0.4, 0.5) is 0 Å². The first-order valence-electron chi connectivity index (χ1n) is 11.6. The molecule has 34 heavy (non-hydrogen) atoms. The molecule has 1 atom stereocenters. The zero-order valence-electron chi connectivity index (χ0n) is 19.6. The van der Waals surface area contributed by atoms with Crippen molar-refractivity contribution in [3.8, 4) is 0 Å². The number of amides is 1. The lowest BCUT2D eigenvalue weighted by atomic mass is 10.2. The first kappa shape index (κ1) is 24.2. The van der Waals surface area contributed by atoms with Crippen molar-refractivity contribution >= 4 is 15.7 Å². The van der Waals surface area contributed by atoms with Gasteiger partial charge in [0.15, 0.2) is 5.76 Å². The Kier molecular flexibility index (Phi) is 7.53. The Morgan fingerprint density at radius 3 is 2.65 bits per heavy atom. The molecule has 3 aromatic rings. The number of carbonyl (C=O) groups is 1. The molecule has 1 aliphatic rings. The summed E-state index contributed by atoms with van der Waals surface area (Å²) in [7, 11) is -3.69. The maximum atomic E-state index is 13.3. The summed E-state index contributed by atoms with van der Waals surface area (Å²) < 4.78 is 39.5. The topological polar surface area (TPSA) is 94.6 Å².